The van der Waals surface area contributed by atoms with Crippen LogP contribution in [-0.2, 0) is 39.4 Å². The number of aromatic nitrogens is 4. The Kier molecular flexibility index (Phi) is 12.1. The molecule has 0 aliphatic heterocycles. The van der Waals surface area contributed by atoms with Crippen molar-refractivity contribution in [2.45, 2.75) is 39.4 Å². The van der Waals surface area contributed by atoms with E-state index in [-0.39, 0.29) is 0 Å². The van der Waals surface area contributed by atoms with Gasteiger partial charge in [0.25, 0.3) is 0 Å². The number of anilines is 4. The van der Waals surface area contributed by atoms with Crippen LogP contribution < -0.4 is 30.7 Å². The van der Waals surface area contributed by atoms with Crippen LogP contribution in [0, 0.1) is 0 Å². The Morgan fingerprint density at radius 3 is 0.909 bits per heavy atom. The van der Waals surface area contributed by atoms with Gasteiger partial charge in [-0.2, -0.15) is 0 Å². The number of nitrogens with zero attached hydrogens (tertiary/aromatic N) is 4. The molecule has 0 aliphatic carbocycles. The summed E-state index contributed by atoms with van der Waals surface area (Å²) < 4.78 is 17.7. The molecule has 11 aromatic rings. The minimum atomic E-state index is 0.405. The van der Waals surface area contributed by atoms with Gasteiger partial charge in [0, 0.05) is 26.2 Å². The molecule has 0 amide bonds. The average molecular weight is 939 g/mol. The average Bonchev–Trinajstić information content (AvgIpc) is 4.17. The maximum Gasteiger partial charge on any atom is 0.184 e. The summed E-state index contributed by atoms with van der Waals surface area (Å²) in [7, 11) is 0. The Labute approximate surface area is 397 Å². The van der Waals surface area contributed by atoms with Crippen molar-refractivity contribution >= 4 is 107 Å². The summed E-state index contributed by atoms with van der Waals surface area (Å²) in [5.74, 6) is 1.59. The molecule has 0 fully saturated rings. The van der Waals surface area contributed by atoms with Crippen LogP contribution in [0.25, 0.3) is 40.9 Å². The van der Waals surface area contributed by atoms with Crippen molar-refractivity contribution in [1.82, 2.24) is 19.9 Å². The summed E-state index contributed by atoms with van der Waals surface area (Å²) in [6.45, 7) is 3.24. The molecule has 10 nitrogen and oxygen atoms in total. The summed E-state index contributed by atoms with van der Waals surface area (Å²) in [5, 5.41) is 17.7. The first-order chi connectivity index (χ1) is 32.6. The fraction of sp³-hybridized carbons (Fsp3) is 0.115. The summed E-state index contributed by atoms with van der Waals surface area (Å²) in [6.07, 6.45) is 0. The quantitative estimate of drug-likeness (QED) is 0.0662. The minimum absolute atomic E-state index is 0.405. The zero-order chi connectivity index (χ0) is 44.1. The maximum absolute atomic E-state index is 6.54. The number of para-hydroxylation sites is 4. The van der Waals surface area contributed by atoms with Gasteiger partial charge >= 0.3 is 0 Å². The number of ether oxygens (including phenoxy) is 2. The summed E-state index contributed by atoms with van der Waals surface area (Å²) in [6, 6.07) is 54.1. The molecule has 0 unspecified atom stereocenters. The second kappa shape index (κ2) is 19.2. The van der Waals surface area contributed by atoms with E-state index < -0.39 is 0 Å². The van der Waals surface area contributed by atoms with Gasteiger partial charge in [-0.15, -0.1) is 0 Å². The van der Waals surface area contributed by atoms with Crippen molar-refractivity contribution in [1.29, 1.82) is 0 Å². The molecule has 7 aromatic carbocycles. The molecule has 326 valence electrons. The number of thiazole rings is 4. The fourth-order valence-corrected chi connectivity index (χ4v) is 11.1. The molecule has 0 bridgehead atoms. The number of rotatable bonds is 18. The maximum atomic E-state index is 6.54. The van der Waals surface area contributed by atoms with Crippen molar-refractivity contribution in [2.24, 2.45) is 0 Å². The topological polar surface area (TPSA) is 118 Å². The standard InChI is InChI=1S/C52H42N8O2S4/c1-5-16-45-41(12-1)57-49(63-45)53-27-35-21-36(28-54-50-58-42-13-2-6-17-46(42)64-50)24-39(23-35)61-31-33-10-9-11-34(20-33)32-62-40-25-37(29-55-51-59-43-14-3-7-18-47(43)65-51)22-38(26-40)30-56-52-60-44-15-4-8-19-48(44)66-52/h1-26H,27-32H2,(H,53,57)(H,54,58)(H,55,59)(H,56,60). The molecular formula is C52H42N8O2S4. The van der Waals surface area contributed by atoms with Crippen LogP contribution in [0.1, 0.15) is 33.4 Å². The van der Waals surface area contributed by atoms with Crippen molar-refractivity contribution in [3.8, 4) is 11.5 Å². The Morgan fingerprint density at radius 2 is 0.606 bits per heavy atom. The van der Waals surface area contributed by atoms with Crippen LogP contribution in [0.4, 0.5) is 20.5 Å². The van der Waals surface area contributed by atoms with E-state index in [1.54, 1.807) is 45.3 Å². The predicted octanol–water partition coefficient (Wildman–Crippen LogP) is 13.7. The van der Waals surface area contributed by atoms with Crippen molar-refractivity contribution in [2.75, 3.05) is 21.3 Å². The van der Waals surface area contributed by atoms with E-state index in [2.05, 4.69) is 106 Å². The first kappa shape index (κ1) is 41.6. The zero-order valence-corrected chi connectivity index (χ0v) is 38.8. The molecule has 4 N–H and O–H groups in total. The van der Waals surface area contributed by atoms with Gasteiger partial charge in [0.2, 0.25) is 0 Å². The second-order valence-electron chi connectivity index (χ2n) is 15.7. The van der Waals surface area contributed by atoms with Gasteiger partial charge < -0.3 is 30.7 Å². The van der Waals surface area contributed by atoms with Gasteiger partial charge in [0.1, 0.15) is 24.7 Å². The van der Waals surface area contributed by atoms with Crippen LogP contribution in [-0.4, -0.2) is 19.9 Å². The lowest BCUT2D eigenvalue weighted by Crippen LogP contribution is -2.05. The van der Waals surface area contributed by atoms with Gasteiger partial charge in [-0.3, -0.25) is 0 Å². The lowest BCUT2D eigenvalue weighted by Gasteiger charge is -2.14. The Bertz CT molecular complexity index is 2900. The molecule has 0 radical (unpaired) electrons. The Balaban J connectivity index is 0.776. The van der Waals surface area contributed by atoms with Crippen molar-refractivity contribution < 1.29 is 9.47 Å². The van der Waals surface area contributed by atoms with Gasteiger partial charge in [-0.1, -0.05) is 124 Å². The largest absolute Gasteiger partial charge is 0.489 e. The fourth-order valence-electron chi connectivity index (χ4n) is 7.68. The predicted molar refractivity (Wildman–Crippen MR) is 276 cm³/mol. The molecule has 14 heteroatoms. The highest BCUT2D eigenvalue weighted by molar-refractivity contribution is 7.23. The molecule has 0 atom stereocenters. The van der Waals surface area contributed by atoms with Crippen LogP contribution in [0.15, 0.2) is 158 Å². The lowest BCUT2D eigenvalue weighted by atomic mass is 10.1. The molecule has 0 aliphatic rings. The van der Waals surface area contributed by atoms with Gasteiger partial charge in [0.05, 0.1) is 40.9 Å². The van der Waals surface area contributed by atoms with E-state index in [0.29, 0.717) is 39.4 Å². The summed E-state index contributed by atoms with van der Waals surface area (Å²) >= 11 is 6.63. The molecule has 11 rings (SSSR count). The summed E-state index contributed by atoms with van der Waals surface area (Å²) in [5.41, 5.74) is 10.5. The van der Waals surface area contributed by atoms with E-state index in [9.17, 15) is 0 Å². The van der Waals surface area contributed by atoms with E-state index in [0.717, 1.165) is 106 Å². The van der Waals surface area contributed by atoms with Crippen molar-refractivity contribution in [3.63, 3.8) is 0 Å². The first-order valence-electron chi connectivity index (χ1n) is 21.5. The third-order valence-corrected chi connectivity index (χ3v) is 14.8. The van der Waals surface area contributed by atoms with Crippen LogP contribution in [0.2, 0.25) is 0 Å². The van der Waals surface area contributed by atoms with Crippen LogP contribution in [0.3, 0.4) is 0 Å². The smallest absolute Gasteiger partial charge is 0.184 e. The number of hydrogen-bond donors (Lipinski definition) is 4. The molecule has 0 saturated carbocycles. The second-order valence-corrected chi connectivity index (χ2v) is 19.9. The number of nitrogens with one attached hydrogen (secondary N) is 4. The summed E-state index contributed by atoms with van der Waals surface area (Å²) in [4.78, 5) is 19.1. The zero-order valence-electron chi connectivity index (χ0n) is 35.5. The Morgan fingerprint density at radius 1 is 0.318 bits per heavy atom. The SMILES string of the molecule is c1cc(COc2cc(CNc3nc4ccccc4s3)cc(CNc3nc4ccccc4s3)c2)cc(COc2cc(CNc3nc4ccccc4s3)cc(CNc3nc4ccccc4s3)c2)c1. The molecular weight excluding hydrogens is 897 g/mol. The molecule has 4 aromatic heterocycles. The van der Waals surface area contributed by atoms with Gasteiger partial charge in [-0.25, -0.2) is 19.9 Å². The van der Waals surface area contributed by atoms with Crippen LogP contribution in [0.5, 0.6) is 11.5 Å². The molecule has 0 spiro atoms. The van der Waals surface area contributed by atoms with Gasteiger partial charge in [0.15, 0.2) is 20.5 Å². The number of benzene rings is 7. The third kappa shape index (κ3) is 10.1. The Hall–Kier alpha value is -7.10. The highest BCUT2D eigenvalue weighted by atomic mass is 32.1. The monoisotopic (exact) mass is 938 g/mol. The number of hydrogen-bond acceptors (Lipinski definition) is 14. The van der Waals surface area contributed by atoms with Crippen LogP contribution >= 0.6 is 45.3 Å². The van der Waals surface area contributed by atoms with E-state index >= 15 is 0 Å². The van der Waals surface area contributed by atoms with Gasteiger partial charge in [-0.05, 0) is 112 Å². The number of fused-ring (bicyclic) bond motifs is 4. The van der Waals surface area contributed by atoms with E-state index in [1.807, 2.05) is 72.8 Å². The van der Waals surface area contributed by atoms with Crippen molar-refractivity contribution in [3.05, 3.63) is 191 Å². The first-order valence-corrected chi connectivity index (χ1v) is 24.8. The third-order valence-electron chi connectivity index (χ3n) is 10.8. The minimum Gasteiger partial charge on any atom is -0.489 e. The van der Waals surface area contributed by atoms with E-state index in [4.69, 9.17) is 29.4 Å². The molecule has 0 saturated heterocycles. The normalized spacial score (nSPS) is 11.4. The lowest BCUT2D eigenvalue weighted by molar-refractivity contribution is 0.299. The highest BCUT2D eigenvalue weighted by Gasteiger charge is 2.11. The van der Waals surface area contributed by atoms with E-state index in [1.165, 1.54) is 0 Å². The highest BCUT2D eigenvalue weighted by Crippen LogP contribution is 2.31. The molecule has 66 heavy (non-hydrogen) atoms. The molecule has 4 heterocycles.